The molecule has 1 unspecified atom stereocenters. The van der Waals surface area contributed by atoms with Crippen LogP contribution in [-0.4, -0.2) is 34.6 Å². The van der Waals surface area contributed by atoms with Crippen LogP contribution in [0.2, 0.25) is 0 Å². The average Bonchev–Trinajstić information content (AvgIpc) is 3.07. The monoisotopic (exact) mass is 376 g/mol. The van der Waals surface area contributed by atoms with Gasteiger partial charge in [-0.1, -0.05) is 19.8 Å². The van der Waals surface area contributed by atoms with E-state index in [1.165, 1.54) is 11.3 Å². The van der Waals surface area contributed by atoms with Gasteiger partial charge in [0, 0.05) is 10.9 Å². The first-order valence-electron chi connectivity index (χ1n) is 8.73. The van der Waals surface area contributed by atoms with Crippen molar-refractivity contribution in [3.05, 3.63) is 35.3 Å². The quantitative estimate of drug-likeness (QED) is 0.662. The Labute approximate surface area is 157 Å². The van der Waals surface area contributed by atoms with Gasteiger partial charge in [-0.05, 0) is 37.6 Å². The molecule has 6 nitrogen and oxygen atoms in total. The maximum Gasteiger partial charge on any atom is 0.326 e. The molecule has 140 valence electrons. The standard InChI is InChI=1S/C19H24N2O4S/c1-3-5-6-16(19(23)24)21-17(22)11-14-12-26-18(20-14)13-7-9-15(10-8-13)25-4-2/h7-10,12,16H,3-6,11H2,1-2H3,(H,21,22)(H,23,24). The van der Waals surface area contributed by atoms with E-state index in [-0.39, 0.29) is 12.3 Å². The first-order chi connectivity index (χ1) is 12.5. The van der Waals surface area contributed by atoms with Crippen molar-refractivity contribution in [2.45, 2.75) is 45.6 Å². The predicted molar refractivity (Wildman–Crippen MR) is 102 cm³/mol. The summed E-state index contributed by atoms with van der Waals surface area (Å²) >= 11 is 1.45. The Morgan fingerprint density at radius 3 is 2.62 bits per heavy atom. The van der Waals surface area contributed by atoms with Gasteiger partial charge in [0.2, 0.25) is 5.91 Å². The third-order valence-electron chi connectivity index (χ3n) is 3.79. The maximum atomic E-state index is 12.1. The van der Waals surface area contributed by atoms with Crippen molar-refractivity contribution in [1.82, 2.24) is 10.3 Å². The summed E-state index contributed by atoms with van der Waals surface area (Å²) in [4.78, 5) is 27.8. The second kappa shape index (κ2) is 9.91. The number of benzene rings is 1. The highest BCUT2D eigenvalue weighted by atomic mass is 32.1. The molecule has 1 amide bonds. The van der Waals surface area contributed by atoms with Crippen LogP contribution in [-0.2, 0) is 16.0 Å². The number of hydrogen-bond donors (Lipinski definition) is 2. The van der Waals surface area contributed by atoms with Crippen LogP contribution in [0.15, 0.2) is 29.6 Å². The number of hydrogen-bond acceptors (Lipinski definition) is 5. The highest BCUT2D eigenvalue weighted by Crippen LogP contribution is 2.26. The Morgan fingerprint density at radius 1 is 1.27 bits per heavy atom. The molecule has 1 aromatic heterocycles. The Hall–Kier alpha value is -2.41. The van der Waals surface area contributed by atoms with Crippen LogP contribution in [0.1, 0.15) is 38.8 Å². The summed E-state index contributed by atoms with van der Waals surface area (Å²) in [6.45, 7) is 4.53. The maximum absolute atomic E-state index is 12.1. The molecule has 0 saturated carbocycles. The van der Waals surface area contributed by atoms with Crippen LogP contribution in [0.25, 0.3) is 10.6 Å². The highest BCUT2D eigenvalue weighted by Gasteiger charge is 2.20. The fourth-order valence-corrected chi connectivity index (χ4v) is 3.28. The van der Waals surface area contributed by atoms with Crippen molar-refractivity contribution in [2.24, 2.45) is 0 Å². The number of aliphatic carboxylic acids is 1. The number of aromatic nitrogens is 1. The molecule has 2 rings (SSSR count). The summed E-state index contributed by atoms with van der Waals surface area (Å²) in [5.74, 6) is -0.517. The largest absolute Gasteiger partial charge is 0.494 e. The molecule has 2 aromatic rings. The van der Waals surface area contributed by atoms with E-state index in [0.717, 1.165) is 29.2 Å². The summed E-state index contributed by atoms with van der Waals surface area (Å²) in [5, 5.41) is 14.4. The average molecular weight is 376 g/mol. The molecule has 0 fully saturated rings. The van der Waals surface area contributed by atoms with Gasteiger partial charge in [-0.3, -0.25) is 4.79 Å². The Kier molecular flexibility index (Phi) is 7.59. The van der Waals surface area contributed by atoms with E-state index in [0.29, 0.717) is 18.7 Å². The van der Waals surface area contributed by atoms with Gasteiger partial charge >= 0.3 is 5.97 Å². The first-order valence-corrected chi connectivity index (χ1v) is 9.61. The van der Waals surface area contributed by atoms with E-state index in [9.17, 15) is 14.7 Å². The molecular weight excluding hydrogens is 352 g/mol. The van der Waals surface area contributed by atoms with E-state index in [1.807, 2.05) is 43.5 Å². The number of rotatable bonds is 10. The second-order valence-electron chi connectivity index (χ2n) is 5.88. The van der Waals surface area contributed by atoms with E-state index < -0.39 is 12.0 Å². The molecule has 0 saturated heterocycles. The number of carboxylic acid groups (broad SMARTS) is 1. The van der Waals surface area contributed by atoms with Gasteiger partial charge < -0.3 is 15.2 Å². The van der Waals surface area contributed by atoms with E-state index in [1.54, 1.807) is 0 Å². The van der Waals surface area contributed by atoms with E-state index in [4.69, 9.17) is 4.74 Å². The number of ether oxygens (including phenoxy) is 1. The van der Waals surface area contributed by atoms with E-state index >= 15 is 0 Å². The van der Waals surface area contributed by atoms with Crippen molar-refractivity contribution in [3.8, 4) is 16.3 Å². The molecular formula is C19H24N2O4S. The zero-order chi connectivity index (χ0) is 18.9. The SMILES string of the molecule is CCCCC(NC(=O)Cc1csc(-c2ccc(OCC)cc2)n1)C(=O)O. The van der Waals surface area contributed by atoms with Crippen LogP contribution < -0.4 is 10.1 Å². The third-order valence-corrected chi connectivity index (χ3v) is 4.73. The van der Waals surface area contributed by atoms with Crippen molar-refractivity contribution >= 4 is 23.2 Å². The van der Waals surface area contributed by atoms with Crippen molar-refractivity contribution in [2.75, 3.05) is 6.61 Å². The molecule has 0 aliphatic heterocycles. The van der Waals surface area contributed by atoms with Crippen LogP contribution >= 0.6 is 11.3 Å². The number of amides is 1. The molecule has 7 heteroatoms. The highest BCUT2D eigenvalue weighted by molar-refractivity contribution is 7.13. The molecule has 0 aliphatic carbocycles. The van der Waals surface area contributed by atoms with Gasteiger partial charge in [0.15, 0.2) is 0 Å². The topological polar surface area (TPSA) is 88.5 Å². The minimum absolute atomic E-state index is 0.0729. The summed E-state index contributed by atoms with van der Waals surface area (Å²) in [6, 6.07) is 6.79. The summed E-state index contributed by atoms with van der Waals surface area (Å²) in [7, 11) is 0. The zero-order valence-electron chi connectivity index (χ0n) is 15.0. The molecule has 2 N–H and O–H groups in total. The van der Waals surface area contributed by atoms with E-state index in [2.05, 4.69) is 10.3 Å². The number of nitrogens with one attached hydrogen (secondary N) is 1. The lowest BCUT2D eigenvalue weighted by molar-refractivity contribution is -0.142. The van der Waals surface area contributed by atoms with Gasteiger partial charge in [-0.2, -0.15) is 0 Å². The molecule has 26 heavy (non-hydrogen) atoms. The molecule has 1 aromatic carbocycles. The lowest BCUT2D eigenvalue weighted by atomic mass is 10.1. The minimum Gasteiger partial charge on any atom is -0.494 e. The Bertz CT molecular complexity index is 727. The van der Waals surface area contributed by atoms with Crippen LogP contribution in [0.3, 0.4) is 0 Å². The molecule has 0 spiro atoms. The van der Waals surface area contributed by atoms with Crippen LogP contribution in [0.4, 0.5) is 0 Å². The number of nitrogens with zero attached hydrogens (tertiary/aromatic N) is 1. The van der Waals surface area contributed by atoms with Gasteiger partial charge in [0.1, 0.15) is 16.8 Å². The number of carboxylic acids is 1. The normalized spacial score (nSPS) is 11.8. The molecule has 1 heterocycles. The lowest BCUT2D eigenvalue weighted by Gasteiger charge is -2.13. The first kappa shape index (κ1) is 19.9. The molecule has 0 radical (unpaired) electrons. The minimum atomic E-state index is -1.000. The summed E-state index contributed by atoms with van der Waals surface area (Å²) in [6.07, 6.45) is 2.16. The second-order valence-corrected chi connectivity index (χ2v) is 6.74. The third kappa shape index (κ3) is 5.84. The van der Waals surface area contributed by atoms with Gasteiger partial charge in [-0.25, -0.2) is 9.78 Å². The number of carbonyl (C=O) groups excluding carboxylic acids is 1. The summed E-state index contributed by atoms with van der Waals surface area (Å²) < 4.78 is 5.42. The van der Waals surface area contributed by atoms with Crippen molar-refractivity contribution < 1.29 is 19.4 Å². The fourth-order valence-electron chi connectivity index (χ4n) is 2.46. The molecule has 0 bridgehead atoms. The smallest absolute Gasteiger partial charge is 0.326 e. The summed E-state index contributed by atoms with van der Waals surface area (Å²) in [5.41, 5.74) is 1.59. The van der Waals surface area contributed by atoms with Crippen molar-refractivity contribution in [3.63, 3.8) is 0 Å². The lowest BCUT2D eigenvalue weighted by Crippen LogP contribution is -2.41. The van der Waals surface area contributed by atoms with Gasteiger partial charge in [0.25, 0.3) is 0 Å². The zero-order valence-corrected chi connectivity index (χ0v) is 15.8. The van der Waals surface area contributed by atoms with Crippen molar-refractivity contribution in [1.29, 1.82) is 0 Å². The number of unbranched alkanes of at least 4 members (excludes halogenated alkanes) is 1. The van der Waals surface area contributed by atoms with Gasteiger partial charge in [-0.15, -0.1) is 11.3 Å². The Morgan fingerprint density at radius 2 is 2.00 bits per heavy atom. The number of carbonyl (C=O) groups is 2. The fraction of sp³-hybridized carbons (Fsp3) is 0.421. The predicted octanol–water partition coefficient (Wildman–Crippen LogP) is 3.51. The Balaban J connectivity index is 1.96. The molecule has 1 atom stereocenters. The van der Waals surface area contributed by atoms with Crippen LogP contribution in [0, 0.1) is 0 Å². The van der Waals surface area contributed by atoms with Crippen LogP contribution in [0.5, 0.6) is 5.75 Å². The van der Waals surface area contributed by atoms with Gasteiger partial charge in [0.05, 0.1) is 18.7 Å². The molecule has 0 aliphatic rings. The number of thiazole rings is 1.